The van der Waals surface area contributed by atoms with Gasteiger partial charge in [0.25, 0.3) is 0 Å². The number of hydrogen-bond acceptors (Lipinski definition) is 3. The van der Waals surface area contributed by atoms with Crippen LogP contribution < -0.4 is 5.32 Å². The Morgan fingerprint density at radius 2 is 1.86 bits per heavy atom. The number of hydrogen-bond donors (Lipinski definition) is 2. The van der Waals surface area contributed by atoms with Crippen LogP contribution >= 0.6 is 0 Å². The van der Waals surface area contributed by atoms with E-state index in [2.05, 4.69) is 11.2 Å². The molecule has 0 aromatic carbocycles. The Bertz CT molecular complexity index is 427. The van der Waals surface area contributed by atoms with Crippen molar-refractivity contribution in [3.05, 3.63) is 0 Å². The van der Waals surface area contributed by atoms with E-state index in [1.54, 1.807) is 6.92 Å². The number of carbonyl (C=O) groups is 2. The van der Waals surface area contributed by atoms with Gasteiger partial charge in [0.15, 0.2) is 0 Å². The lowest BCUT2D eigenvalue weighted by atomic mass is 9.80. The first-order chi connectivity index (χ1) is 9.80. The minimum Gasteiger partial charge on any atom is -0.481 e. The Morgan fingerprint density at radius 1 is 1.33 bits per heavy atom. The fourth-order valence-corrected chi connectivity index (χ4v) is 2.60. The molecule has 1 rings (SSSR count). The number of terminal acetylenes is 1. The van der Waals surface area contributed by atoms with Crippen molar-refractivity contribution < 1.29 is 14.7 Å². The molecule has 1 saturated heterocycles. The number of piperidine rings is 1. The molecule has 1 heterocycles. The first kappa shape index (κ1) is 17.5. The van der Waals surface area contributed by atoms with Crippen molar-refractivity contribution in [1.29, 1.82) is 0 Å². The molecule has 1 aliphatic heterocycles. The Labute approximate surface area is 127 Å². The van der Waals surface area contributed by atoms with Crippen LogP contribution in [0.2, 0.25) is 0 Å². The van der Waals surface area contributed by atoms with Crippen molar-refractivity contribution in [2.24, 2.45) is 5.41 Å². The van der Waals surface area contributed by atoms with Gasteiger partial charge >= 0.3 is 5.97 Å². The Morgan fingerprint density at radius 3 is 2.24 bits per heavy atom. The standard InChI is InChI=1S/C16H26N2O3/c1-5-16(6-2,7-3)17-13(19)12-18-10-8-15(4,9-11-18)14(20)21/h1H,6-12H2,2-4H3,(H,17,19)(H,20,21). The van der Waals surface area contributed by atoms with Crippen LogP contribution in [0.5, 0.6) is 0 Å². The van der Waals surface area contributed by atoms with E-state index in [0.717, 1.165) is 0 Å². The van der Waals surface area contributed by atoms with E-state index in [-0.39, 0.29) is 12.5 Å². The third kappa shape index (κ3) is 4.21. The normalized spacial score (nSPS) is 18.8. The van der Waals surface area contributed by atoms with Gasteiger partial charge in [-0.1, -0.05) is 19.8 Å². The van der Waals surface area contributed by atoms with Crippen LogP contribution in [-0.2, 0) is 9.59 Å². The van der Waals surface area contributed by atoms with E-state index >= 15 is 0 Å². The molecule has 0 saturated carbocycles. The summed E-state index contributed by atoms with van der Waals surface area (Å²) in [6.45, 7) is 7.21. The molecular weight excluding hydrogens is 268 g/mol. The van der Waals surface area contributed by atoms with Gasteiger partial charge in [-0.05, 0) is 45.7 Å². The number of carboxylic acid groups (broad SMARTS) is 1. The lowest BCUT2D eigenvalue weighted by Gasteiger charge is -2.36. The van der Waals surface area contributed by atoms with Gasteiger partial charge in [-0.3, -0.25) is 14.5 Å². The van der Waals surface area contributed by atoms with Gasteiger partial charge in [0.1, 0.15) is 5.54 Å². The van der Waals surface area contributed by atoms with E-state index in [1.165, 1.54) is 0 Å². The number of rotatable bonds is 6. The first-order valence-electron chi connectivity index (χ1n) is 7.55. The lowest BCUT2D eigenvalue weighted by molar-refractivity contribution is -0.150. The summed E-state index contributed by atoms with van der Waals surface area (Å²) in [5.41, 5.74) is -1.23. The third-order valence-corrected chi connectivity index (χ3v) is 4.71. The summed E-state index contributed by atoms with van der Waals surface area (Å²) in [6.07, 6.45) is 8.06. The van der Waals surface area contributed by atoms with Crippen LogP contribution in [0.1, 0.15) is 46.5 Å². The van der Waals surface area contributed by atoms with Gasteiger partial charge in [0.05, 0.1) is 12.0 Å². The number of likely N-dealkylation sites (tertiary alicyclic amines) is 1. The minimum atomic E-state index is -0.755. The number of aliphatic carboxylic acids is 1. The second-order valence-corrected chi connectivity index (χ2v) is 6.12. The molecule has 0 aromatic heterocycles. The van der Waals surface area contributed by atoms with Gasteiger partial charge < -0.3 is 10.4 Å². The number of nitrogens with one attached hydrogen (secondary N) is 1. The molecule has 118 valence electrons. The van der Waals surface area contributed by atoms with E-state index in [0.29, 0.717) is 38.8 Å². The molecule has 1 amide bonds. The molecule has 0 aromatic rings. The topological polar surface area (TPSA) is 69.6 Å². The second-order valence-electron chi connectivity index (χ2n) is 6.12. The molecule has 2 N–H and O–H groups in total. The Hall–Kier alpha value is -1.54. The van der Waals surface area contributed by atoms with Crippen molar-refractivity contribution in [2.45, 2.75) is 52.0 Å². The van der Waals surface area contributed by atoms with Crippen LogP contribution in [0.15, 0.2) is 0 Å². The van der Waals surface area contributed by atoms with Crippen molar-refractivity contribution >= 4 is 11.9 Å². The molecule has 0 radical (unpaired) electrons. The predicted octanol–water partition coefficient (Wildman–Crippen LogP) is 1.48. The maximum Gasteiger partial charge on any atom is 0.309 e. The Kier molecular flexibility index (Phi) is 5.79. The van der Waals surface area contributed by atoms with Gasteiger partial charge in [0, 0.05) is 0 Å². The molecule has 5 heteroatoms. The van der Waals surface area contributed by atoms with Crippen LogP contribution in [-0.4, -0.2) is 47.1 Å². The Balaban J connectivity index is 2.51. The summed E-state index contributed by atoms with van der Waals surface area (Å²) in [4.78, 5) is 25.3. The predicted molar refractivity (Wildman–Crippen MR) is 81.7 cm³/mol. The summed E-state index contributed by atoms with van der Waals surface area (Å²) in [7, 11) is 0. The molecule has 0 spiro atoms. The lowest BCUT2D eigenvalue weighted by Crippen LogP contribution is -2.52. The highest BCUT2D eigenvalue weighted by molar-refractivity contribution is 5.79. The average Bonchev–Trinajstić information content (AvgIpc) is 2.47. The van der Waals surface area contributed by atoms with Crippen molar-refractivity contribution in [3.63, 3.8) is 0 Å². The molecule has 1 fully saturated rings. The first-order valence-corrected chi connectivity index (χ1v) is 7.55. The molecule has 21 heavy (non-hydrogen) atoms. The number of amides is 1. The maximum absolute atomic E-state index is 12.1. The zero-order valence-electron chi connectivity index (χ0n) is 13.2. The van der Waals surface area contributed by atoms with E-state index < -0.39 is 16.9 Å². The van der Waals surface area contributed by atoms with Crippen LogP contribution in [0.25, 0.3) is 0 Å². The van der Waals surface area contributed by atoms with E-state index in [4.69, 9.17) is 6.42 Å². The van der Waals surface area contributed by atoms with Crippen LogP contribution in [0.4, 0.5) is 0 Å². The van der Waals surface area contributed by atoms with Crippen molar-refractivity contribution in [1.82, 2.24) is 10.2 Å². The largest absolute Gasteiger partial charge is 0.481 e. The smallest absolute Gasteiger partial charge is 0.309 e. The number of carbonyl (C=O) groups excluding carboxylic acids is 1. The summed E-state index contributed by atoms with van der Waals surface area (Å²) in [5.74, 6) is 1.84. The summed E-state index contributed by atoms with van der Waals surface area (Å²) >= 11 is 0. The molecule has 0 atom stereocenters. The monoisotopic (exact) mass is 294 g/mol. The second kappa shape index (κ2) is 6.95. The van der Waals surface area contributed by atoms with E-state index in [9.17, 15) is 14.7 Å². The van der Waals surface area contributed by atoms with Crippen molar-refractivity contribution in [3.8, 4) is 12.3 Å². The summed E-state index contributed by atoms with van der Waals surface area (Å²) in [6, 6.07) is 0. The highest BCUT2D eigenvalue weighted by Crippen LogP contribution is 2.30. The fourth-order valence-electron chi connectivity index (χ4n) is 2.60. The molecule has 0 bridgehead atoms. The molecular formula is C16H26N2O3. The number of carboxylic acids is 1. The van der Waals surface area contributed by atoms with Gasteiger partial charge in [-0.15, -0.1) is 6.42 Å². The summed E-state index contributed by atoms with van der Waals surface area (Å²) in [5, 5.41) is 12.1. The number of nitrogens with zero attached hydrogens (tertiary/aromatic N) is 1. The quantitative estimate of drug-likeness (QED) is 0.728. The molecule has 5 nitrogen and oxygen atoms in total. The average molecular weight is 294 g/mol. The highest BCUT2D eigenvalue weighted by Gasteiger charge is 2.37. The van der Waals surface area contributed by atoms with Crippen LogP contribution in [0.3, 0.4) is 0 Å². The van der Waals surface area contributed by atoms with Gasteiger partial charge in [0.2, 0.25) is 5.91 Å². The fraction of sp³-hybridized carbons (Fsp3) is 0.750. The summed E-state index contributed by atoms with van der Waals surface area (Å²) < 4.78 is 0. The van der Waals surface area contributed by atoms with E-state index in [1.807, 2.05) is 18.7 Å². The molecule has 0 aliphatic carbocycles. The SMILES string of the molecule is C#CC(CC)(CC)NC(=O)CN1CCC(C)(C(=O)O)CC1. The molecule has 0 unspecified atom stereocenters. The van der Waals surface area contributed by atoms with Gasteiger partial charge in [-0.2, -0.15) is 0 Å². The van der Waals surface area contributed by atoms with Crippen molar-refractivity contribution in [2.75, 3.05) is 19.6 Å². The minimum absolute atomic E-state index is 0.0874. The van der Waals surface area contributed by atoms with Crippen LogP contribution in [0, 0.1) is 17.8 Å². The third-order valence-electron chi connectivity index (χ3n) is 4.71. The van der Waals surface area contributed by atoms with Gasteiger partial charge in [-0.25, -0.2) is 0 Å². The molecule has 1 aliphatic rings. The zero-order valence-corrected chi connectivity index (χ0v) is 13.2. The maximum atomic E-state index is 12.1. The zero-order chi connectivity index (χ0) is 16.1. The highest BCUT2D eigenvalue weighted by atomic mass is 16.4.